The normalized spacial score (nSPS) is 19.8. The van der Waals surface area contributed by atoms with E-state index in [-0.39, 0.29) is 17.9 Å². The zero-order chi connectivity index (χ0) is 14.0. The number of nitrogens with two attached hydrogens (primary N) is 1. The van der Waals surface area contributed by atoms with Crippen LogP contribution in [-0.4, -0.2) is 35.8 Å². The first-order valence-corrected chi connectivity index (χ1v) is 6.43. The lowest BCUT2D eigenvalue weighted by molar-refractivity contribution is -0.121. The quantitative estimate of drug-likeness (QED) is 0.738. The molecule has 1 aromatic rings. The maximum atomic E-state index is 12.5. The lowest BCUT2D eigenvalue weighted by Crippen LogP contribution is -2.40. The summed E-state index contributed by atoms with van der Waals surface area (Å²) in [6, 6.07) is 5.30. The molecule has 102 valence electrons. The molecule has 2 rings (SSSR count). The van der Waals surface area contributed by atoms with Gasteiger partial charge in [0.2, 0.25) is 5.91 Å². The molecular formula is C14H19N3O2. The highest BCUT2D eigenvalue weighted by Crippen LogP contribution is 2.19. The molecule has 3 N–H and O–H groups in total. The Labute approximate surface area is 112 Å². The van der Waals surface area contributed by atoms with E-state index in [1.165, 1.54) is 0 Å². The van der Waals surface area contributed by atoms with Crippen molar-refractivity contribution in [2.24, 2.45) is 0 Å². The first-order chi connectivity index (χ1) is 8.99. The molecule has 1 aliphatic heterocycles. The topological polar surface area (TPSA) is 75.4 Å². The number of carbonyl (C=O) groups is 2. The minimum absolute atomic E-state index is 0.0139. The van der Waals surface area contributed by atoms with E-state index in [2.05, 4.69) is 5.32 Å². The Balaban J connectivity index is 2.27. The molecule has 0 aliphatic carbocycles. The van der Waals surface area contributed by atoms with Crippen molar-refractivity contribution in [2.45, 2.75) is 26.3 Å². The predicted molar refractivity (Wildman–Crippen MR) is 73.7 cm³/mol. The van der Waals surface area contributed by atoms with Gasteiger partial charge in [0.15, 0.2) is 0 Å². The molecule has 0 saturated carbocycles. The molecule has 1 heterocycles. The van der Waals surface area contributed by atoms with Crippen LogP contribution in [0.3, 0.4) is 0 Å². The van der Waals surface area contributed by atoms with Gasteiger partial charge in [-0.1, -0.05) is 11.6 Å². The summed E-state index contributed by atoms with van der Waals surface area (Å²) in [6.45, 7) is 4.81. The number of hydrogen-bond acceptors (Lipinski definition) is 3. The summed E-state index contributed by atoms with van der Waals surface area (Å²) in [5.41, 5.74) is 7.87. The monoisotopic (exact) mass is 261 g/mol. The largest absolute Gasteiger partial charge is 0.398 e. The molecule has 1 fully saturated rings. The fourth-order valence-electron chi connectivity index (χ4n) is 2.30. The van der Waals surface area contributed by atoms with E-state index in [1.54, 1.807) is 17.0 Å². The molecular weight excluding hydrogens is 242 g/mol. The molecule has 5 heteroatoms. The maximum absolute atomic E-state index is 12.5. The molecule has 1 aromatic carbocycles. The lowest BCUT2D eigenvalue weighted by Gasteiger charge is -2.26. The van der Waals surface area contributed by atoms with E-state index < -0.39 is 0 Å². The van der Waals surface area contributed by atoms with Gasteiger partial charge in [-0.25, -0.2) is 0 Å². The first-order valence-electron chi connectivity index (χ1n) is 6.43. The van der Waals surface area contributed by atoms with Crippen molar-refractivity contribution < 1.29 is 9.59 Å². The van der Waals surface area contributed by atoms with Gasteiger partial charge in [-0.15, -0.1) is 0 Å². The van der Waals surface area contributed by atoms with Crippen molar-refractivity contribution in [1.29, 1.82) is 0 Å². The number of carbonyl (C=O) groups excluding carboxylic acids is 2. The number of nitrogens with zero attached hydrogens (tertiary/aromatic N) is 1. The average Bonchev–Trinajstić information content (AvgIpc) is 2.52. The molecule has 1 unspecified atom stereocenters. The van der Waals surface area contributed by atoms with Crippen LogP contribution in [0.25, 0.3) is 0 Å². The smallest absolute Gasteiger partial charge is 0.256 e. The van der Waals surface area contributed by atoms with Crippen LogP contribution in [0.1, 0.15) is 29.3 Å². The summed E-state index contributed by atoms with van der Waals surface area (Å²) in [5.74, 6) is -0.120. The number of nitrogen functional groups attached to an aromatic ring is 1. The third-order valence-electron chi connectivity index (χ3n) is 3.39. The number of aryl methyl sites for hydroxylation is 1. The molecule has 1 saturated heterocycles. The second-order valence-electron chi connectivity index (χ2n) is 4.99. The second-order valence-corrected chi connectivity index (χ2v) is 4.99. The van der Waals surface area contributed by atoms with Crippen molar-refractivity contribution in [3.8, 4) is 0 Å². The highest BCUT2D eigenvalue weighted by Gasteiger charge is 2.26. The summed E-state index contributed by atoms with van der Waals surface area (Å²) in [4.78, 5) is 25.7. The van der Waals surface area contributed by atoms with Gasteiger partial charge < -0.3 is 16.0 Å². The summed E-state index contributed by atoms with van der Waals surface area (Å²) in [5, 5.41) is 2.77. The van der Waals surface area contributed by atoms with Gasteiger partial charge in [0.1, 0.15) is 0 Å². The van der Waals surface area contributed by atoms with Crippen LogP contribution >= 0.6 is 0 Å². The van der Waals surface area contributed by atoms with Crippen molar-refractivity contribution >= 4 is 17.5 Å². The van der Waals surface area contributed by atoms with Crippen LogP contribution in [0, 0.1) is 6.92 Å². The Hall–Kier alpha value is -2.04. The van der Waals surface area contributed by atoms with Gasteiger partial charge in [-0.05, 0) is 26.0 Å². The molecule has 1 aliphatic rings. The Morgan fingerprint density at radius 1 is 1.47 bits per heavy atom. The Bertz CT molecular complexity index is 513. The molecule has 0 aromatic heterocycles. The van der Waals surface area contributed by atoms with E-state index in [1.807, 2.05) is 19.9 Å². The van der Waals surface area contributed by atoms with Crippen LogP contribution < -0.4 is 11.1 Å². The van der Waals surface area contributed by atoms with Crippen LogP contribution in [0.5, 0.6) is 0 Å². The second kappa shape index (κ2) is 5.30. The van der Waals surface area contributed by atoms with E-state index in [0.717, 1.165) is 5.56 Å². The van der Waals surface area contributed by atoms with Gasteiger partial charge in [-0.2, -0.15) is 0 Å². The fourth-order valence-corrected chi connectivity index (χ4v) is 2.30. The maximum Gasteiger partial charge on any atom is 0.256 e. The highest BCUT2D eigenvalue weighted by atomic mass is 16.2. The van der Waals surface area contributed by atoms with Gasteiger partial charge in [-0.3, -0.25) is 9.59 Å². The van der Waals surface area contributed by atoms with Gasteiger partial charge in [0.05, 0.1) is 5.56 Å². The number of hydrogen-bond donors (Lipinski definition) is 2. The highest BCUT2D eigenvalue weighted by molar-refractivity contribution is 5.99. The van der Waals surface area contributed by atoms with E-state index >= 15 is 0 Å². The molecule has 2 amide bonds. The van der Waals surface area contributed by atoms with E-state index in [9.17, 15) is 9.59 Å². The lowest BCUT2D eigenvalue weighted by atomic mass is 10.1. The summed E-state index contributed by atoms with van der Waals surface area (Å²) in [7, 11) is 0. The van der Waals surface area contributed by atoms with Gasteiger partial charge in [0, 0.05) is 31.2 Å². The number of rotatable bonds is 1. The van der Waals surface area contributed by atoms with Crippen molar-refractivity contribution in [2.75, 3.05) is 18.8 Å². The summed E-state index contributed by atoms with van der Waals surface area (Å²) >= 11 is 0. The molecule has 0 bridgehead atoms. The molecule has 1 atom stereocenters. The number of amides is 2. The minimum atomic E-state index is -0.116. The first kappa shape index (κ1) is 13.4. The molecule has 19 heavy (non-hydrogen) atoms. The van der Waals surface area contributed by atoms with Crippen molar-refractivity contribution in [3.63, 3.8) is 0 Å². The zero-order valence-electron chi connectivity index (χ0n) is 11.3. The van der Waals surface area contributed by atoms with Crippen LogP contribution in [0.4, 0.5) is 5.69 Å². The van der Waals surface area contributed by atoms with Gasteiger partial charge in [0.25, 0.3) is 5.91 Å². The molecule has 5 nitrogen and oxygen atoms in total. The number of nitrogens with one attached hydrogen (secondary N) is 1. The number of anilines is 1. The van der Waals surface area contributed by atoms with Crippen molar-refractivity contribution in [3.05, 3.63) is 29.3 Å². The van der Waals surface area contributed by atoms with Crippen LogP contribution in [-0.2, 0) is 4.79 Å². The zero-order valence-corrected chi connectivity index (χ0v) is 11.3. The SMILES string of the molecule is Cc1ccc(N)c(C(=O)N2CCNC(=O)CC2C)c1. The van der Waals surface area contributed by atoms with Gasteiger partial charge >= 0.3 is 0 Å². The Morgan fingerprint density at radius 2 is 2.21 bits per heavy atom. The Morgan fingerprint density at radius 3 is 2.95 bits per heavy atom. The standard InChI is InChI=1S/C14H19N3O2/c1-9-3-4-12(15)11(7-9)14(19)17-6-5-16-13(18)8-10(17)2/h3-4,7,10H,5-6,8,15H2,1-2H3,(H,16,18). The average molecular weight is 261 g/mol. The minimum Gasteiger partial charge on any atom is -0.398 e. The molecule has 0 spiro atoms. The van der Waals surface area contributed by atoms with Crippen molar-refractivity contribution in [1.82, 2.24) is 10.2 Å². The fraction of sp³-hybridized carbons (Fsp3) is 0.429. The Kier molecular flexibility index (Phi) is 3.74. The predicted octanol–water partition coefficient (Wildman–Crippen LogP) is 0.928. The van der Waals surface area contributed by atoms with E-state index in [4.69, 9.17) is 5.73 Å². The summed E-state index contributed by atoms with van der Waals surface area (Å²) < 4.78 is 0. The van der Waals surface area contributed by atoms with Crippen LogP contribution in [0.2, 0.25) is 0 Å². The number of benzene rings is 1. The third-order valence-corrected chi connectivity index (χ3v) is 3.39. The van der Waals surface area contributed by atoms with E-state index in [0.29, 0.717) is 30.8 Å². The van der Waals surface area contributed by atoms with Crippen LogP contribution in [0.15, 0.2) is 18.2 Å². The third kappa shape index (κ3) is 2.86. The molecule has 0 radical (unpaired) electrons. The summed E-state index contributed by atoms with van der Waals surface area (Å²) in [6.07, 6.45) is 0.331.